The molecule has 1 aromatic rings. The minimum absolute atomic E-state index is 0.217. The molecule has 1 heterocycles. The van der Waals surface area contributed by atoms with Crippen molar-refractivity contribution in [1.82, 2.24) is 4.98 Å². The highest BCUT2D eigenvalue weighted by molar-refractivity contribution is 5.80. The van der Waals surface area contributed by atoms with Crippen LogP contribution in [0.4, 0.5) is 0 Å². The summed E-state index contributed by atoms with van der Waals surface area (Å²) in [4.78, 5) is 27.7. The lowest BCUT2D eigenvalue weighted by atomic mass is 10.2. The van der Waals surface area contributed by atoms with Crippen molar-refractivity contribution >= 4 is 11.9 Å². The zero-order valence-electron chi connectivity index (χ0n) is 12.2. The van der Waals surface area contributed by atoms with E-state index >= 15 is 0 Å². The molecular formula is C15H21NO4. The molecule has 1 atom stereocenters. The van der Waals surface area contributed by atoms with Crippen LogP contribution in [0.2, 0.25) is 0 Å². The van der Waals surface area contributed by atoms with E-state index in [1.807, 2.05) is 20.8 Å². The molecule has 0 fully saturated rings. The third-order valence-electron chi connectivity index (χ3n) is 2.43. The van der Waals surface area contributed by atoms with Crippen LogP contribution in [-0.4, -0.2) is 23.5 Å². The molecule has 0 saturated heterocycles. The van der Waals surface area contributed by atoms with Gasteiger partial charge in [0.15, 0.2) is 0 Å². The zero-order chi connectivity index (χ0) is 15.0. The lowest BCUT2D eigenvalue weighted by Crippen LogP contribution is -2.24. The van der Waals surface area contributed by atoms with Crippen molar-refractivity contribution in [3.05, 3.63) is 30.1 Å². The molecule has 1 aromatic heterocycles. The summed E-state index contributed by atoms with van der Waals surface area (Å²) in [6.45, 7) is 6.03. The Morgan fingerprint density at radius 1 is 1.30 bits per heavy atom. The highest BCUT2D eigenvalue weighted by atomic mass is 16.6. The SMILES string of the molecule is CCCC(=O)OC(C(=O)OCC(C)C)c1ccccn1. The van der Waals surface area contributed by atoms with Crippen LogP contribution in [0.15, 0.2) is 24.4 Å². The van der Waals surface area contributed by atoms with Gasteiger partial charge in [0, 0.05) is 12.6 Å². The highest BCUT2D eigenvalue weighted by Crippen LogP contribution is 2.18. The van der Waals surface area contributed by atoms with Crippen LogP contribution < -0.4 is 0 Å². The summed E-state index contributed by atoms with van der Waals surface area (Å²) in [6.07, 6.45) is 1.38. The molecule has 110 valence electrons. The molecule has 20 heavy (non-hydrogen) atoms. The van der Waals surface area contributed by atoms with E-state index in [4.69, 9.17) is 9.47 Å². The first-order valence-electron chi connectivity index (χ1n) is 6.81. The van der Waals surface area contributed by atoms with Gasteiger partial charge >= 0.3 is 11.9 Å². The van der Waals surface area contributed by atoms with E-state index in [0.717, 1.165) is 0 Å². The minimum atomic E-state index is -1.09. The molecule has 0 aliphatic heterocycles. The van der Waals surface area contributed by atoms with E-state index in [9.17, 15) is 9.59 Å². The number of carbonyl (C=O) groups excluding carboxylic acids is 2. The summed E-state index contributed by atoms with van der Waals surface area (Å²) >= 11 is 0. The van der Waals surface area contributed by atoms with Gasteiger partial charge in [-0.3, -0.25) is 9.78 Å². The maximum Gasteiger partial charge on any atom is 0.353 e. The fraction of sp³-hybridized carbons (Fsp3) is 0.533. The van der Waals surface area contributed by atoms with Gasteiger partial charge < -0.3 is 9.47 Å². The highest BCUT2D eigenvalue weighted by Gasteiger charge is 2.27. The summed E-state index contributed by atoms with van der Waals surface area (Å²) < 4.78 is 10.3. The Hall–Kier alpha value is -1.91. The van der Waals surface area contributed by atoms with Gasteiger partial charge in [0.25, 0.3) is 0 Å². The molecule has 5 heteroatoms. The number of aromatic nitrogens is 1. The van der Waals surface area contributed by atoms with Gasteiger partial charge in [0.2, 0.25) is 6.10 Å². The second-order valence-corrected chi connectivity index (χ2v) is 4.90. The Balaban J connectivity index is 2.79. The molecule has 0 N–H and O–H groups in total. The van der Waals surface area contributed by atoms with Gasteiger partial charge in [-0.1, -0.05) is 26.8 Å². The summed E-state index contributed by atoms with van der Waals surface area (Å²) in [5.74, 6) is -0.791. The summed E-state index contributed by atoms with van der Waals surface area (Å²) in [6, 6.07) is 5.10. The van der Waals surface area contributed by atoms with E-state index < -0.39 is 18.0 Å². The van der Waals surface area contributed by atoms with Crippen molar-refractivity contribution in [2.24, 2.45) is 5.92 Å². The van der Waals surface area contributed by atoms with E-state index in [1.165, 1.54) is 0 Å². The van der Waals surface area contributed by atoms with Crippen molar-refractivity contribution in [2.45, 2.75) is 39.7 Å². The van der Waals surface area contributed by atoms with Crippen molar-refractivity contribution in [1.29, 1.82) is 0 Å². The first kappa shape index (κ1) is 16.1. The third-order valence-corrected chi connectivity index (χ3v) is 2.43. The lowest BCUT2D eigenvalue weighted by molar-refractivity contribution is -0.169. The Morgan fingerprint density at radius 3 is 2.60 bits per heavy atom. The van der Waals surface area contributed by atoms with Crippen LogP contribution >= 0.6 is 0 Å². The predicted molar refractivity (Wildman–Crippen MR) is 73.8 cm³/mol. The molecule has 0 radical (unpaired) electrons. The number of esters is 2. The second kappa shape index (κ2) is 8.30. The molecule has 0 saturated carbocycles. The number of carbonyl (C=O) groups is 2. The van der Waals surface area contributed by atoms with Crippen molar-refractivity contribution in [3.63, 3.8) is 0 Å². The molecule has 1 rings (SSSR count). The number of ether oxygens (including phenoxy) is 2. The molecule has 5 nitrogen and oxygen atoms in total. The molecule has 0 bridgehead atoms. The van der Waals surface area contributed by atoms with Crippen molar-refractivity contribution < 1.29 is 19.1 Å². The largest absolute Gasteiger partial charge is 0.462 e. The fourth-order valence-corrected chi connectivity index (χ4v) is 1.48. The normalized spacial score (nSPS) is 12.0. The molecule has 1 unspecified atom stereocenters. The molecule has 0 amide bonds. The van der Waals surface area contributed by atoms with E-state index in [2.05, 4.69) is 4.98 Å². The van der Waals surface area contributed by atoms with Gasteiger partial charge in [-0.15, -0.1) is 0 Å². The van der Waals surface area contributed by atoms with Gasteiger partial charge in [0.05, 0.1) is 12.3 Å². The van der Waals surface area contributed by atoms with Crippen LogP contribution in [0.3, 0.4) is 0 Å². The van der Waals surface area contributed by atoms with Crippen molar-refractivity contribution in [2.75, 3.05) is 6.61 Å². The van der Waals surface area contributed by atoms with Gasteiger partial charge in [0.1, 0.15) is 0 Å². The van der Waals surface area contributed by atoms with Crippen LogP contribution in [-0.2, 0) is 19.1 Å². The van der Waals surface area contributed by atoms with Gasteiger partial charge in [-0.25, -0.2) is 4.79 Å². The maximum atomic E-state index is 12.0. The van der Waals surface area contributed by atoms with E-state index in [1.54, 1.807) is 24.4 Å². The number of hydrogen-bond acceptors (Lipinski definition) is 5. The van der Waals surface area contributed by atoms with Crippen LogP contribution in [0, 0.1) is 5.92 Å². The average molecular weight is 279 g/mol. The Kier molecular flexibility index (Phi) is 6.70. The Labute approximate surface area is 119 Å². The lowest BCUT2D eigenvalue weighted by Gasteiger charge is -2.17. The number of hydrogen-bond donors (Lipinski definition) is 0. The zero-order valence-corrected chi connectivity index (χ0v) is 12.2. The number of rotatable bonds is 7. The van der Waals surface area contributed by atoms with Crippen LogP contribution in [0.1, 0.15) is 45.4 Å². The molecule has 0 aliphatic rings. The number of nitrogens with zero attached hydrogens (tertiary/aromatic N) is 1. The van der Waals surface area contributed by atoms with Crippen LogP contribution in [0.5, 0.6) is 0 Å². The second-order valence-electron chi connectivity index (χ2n) is 4.90. The Bertz CT molecular complexity index is 431. The molecular weight excluding hydrogens is 258 g/mol. The van der Waals surface area contributed by atoms with Crippen molar-refractivity contribution in [3.8, 4) is 0 Å². The molecule has 0 aromatic carbocycles. The topological polar surface area (TPSA) is 65.5 Å². The summed E-state index contributed by atoms with van der Waals surface area (Å²) in [5.41, 5.74) is 0.380. The minimum Gasteiger partial charge on any atom is -0.462 e. The first-order chi connectivity index (χ1) is 9.54. The molecule has 0 aliphatic carbocycles. The fourth-order valence-electron chi connectivity index (χ4n) is 1.48. The van der Waals surface area contributed by atoms with Crippen LogP contribution in [0.25, 0.3) is 0 Å². The first-order valence-corrected chi connectivity index (χ1v) is 6.81. The van der Waals surface area contributed by atoms with Gasteiger partial charge in [-0.05, 0) is 24.5 Å². The standard InChI is InChI=1S/C15H21NO4/c1-4-7-13(17)20-14(12-8-5-6-9-16-12)15(18)19-10-11(2)3/h5-6,8-9,11,14H,4,7,10H2,1-3H3. The number of pyridine rings is 1. The molecule has 0 spiro atoms. The monoisotopic (exact) mass is 279 g/mol. The summed E-state index contributed by atoms with van der Waals surface area (Å²) in [7, 11) is 0. The van der Waals surface area contributed by atoms with Gasteiger partial charge in [-0.2, -0.15) is 0 Å². The van der Waals surface area contributed by atoms with E-state index in [0.29, 0.717) is 12.1 Å². The van der Waals surface area contributed by atoms with E-state index in [-0.39, 0.29) is 18.9 Å². The summed E-state index contributed by atoms with van der Waals surface area (Å²) in [5, 5.41) is 0. The average Bonchev–Trinajstić information content (AvgIpc) is 2.43. The predicted octanol–water partition coefficient (Wildman–Crippen LogP) is 2.67. The Morgan fingerprint density at radius 2 is 2.05 bits per heavy atom. The smallest absolute Gasteiger partial charge is 0.353 e. The maximum absolute atomic E-state index is 12.0. The third kappa shape index (κ3) is 5.38. The quantitative estimate of drug-likeness (QED) is 0.718.